The van der Waals surface area contributed by atoms with Crippen LogP contribution in [0.15, 0.2) is 36.7 Å². The number of piperidine rings is 2. The van der Waals surface area contributed by atoms with Gasteiger partial charge in [0.25, 0.3) is 5.91 Å². The van der Waals surface area contributed by atoms with Gasteiger partial charge >= 0.3 is 6.09 Å². The minimum atomic E-state index is -0.894. The maximum absolute atomic E-state index is 13.2. The summed E-state index contributed by atoms with van der Waals surface area (Å²) in [5.74, 6) is 0.345. The number of β-amino-alcohol motifs (C(OH)–C–C–N with tert-alkyl or cyclic N) is 1. The van der Waals surface area contributed by atoms with Crippen LogP contribution in [-0.2, 0) is 13.0 Å². The van der Waals surface area contributed by atoms with E-state index in [1.54, 1.807) is 11.0 Å². The number of rotatable bonds is 4. The molecule has 35 heavy (non-hydrogen) atoms. The molecule has 4 heterocycles. The standard InChI is InChI=1S/C25H32N6O4/c32-22-15-31(12-8-21(22)30-9-5-17-3-1-2-4-18(17)14-30)24(33)20-13-23(27-16-26-20)28-19-6-10-29(11-7-19)25(34)35/h1-4,13,16,19,21-22,32H,5-12,14-15H2,(H,34,35)(H,26,27,28). The van der Waals surface area contributed by atoms with Gasteiger partial charge in [0.1, 0.15) is 17.8 Å². The second-order valence-corrected chi connectivity index (χ2v) is 9.64. The van der Waals surface area contributed by atoms with Gasteiger partial charge in [0.05, 0.1) is 6.10 Å². The molecule has 3 aliphatic rings. The first-order valence-corrected chi connectivity index (χ1v) is 12.3. The van der Waals surface area contributed by atoms with Gasteiger partial charge in [-0.2, -0.15) is 0 Å². The Morgan fingerprint density at radius 3 is 2.46 bits per heavy atom. The molecule has 2 aromatic rings. The monoisotopic (exact) mass is 480 g/mol. The fourth-order valence-electron chi connectivity index (χ4n) is 5.47. The number of aliphatic hydroxyl groups is 1. The lowest BCUT2D eigenvalue weighted by Gasteiger charge is -2.43. The maximum atomic E-state index is 13.2. The Morgan fingerprint density at radius 1 is 0.971 bits per heavy atom. The molecule has 0 radical (unpaired) electrons. The van der Waals surface area contributed by atoms with Crippen LogP contribution in [0.1, 0.15) is 40.9 Å². The number of carbonyl (C=O) groups excluding carboxylic acids is 1. The lowest BCUT2D eigenvalue weighted by atomic mass is 9.94. The lowest BCUT2D eigenvalue weighted by Crippen LogP contribution is -2.56. The van der Waals surface area contributed by atoms with Crippen LogP contribution < -0.4 is 5.32 Å². The van der Waals surface area contributed by atoms with Crippen molar-refractivity contribution in [3.8, 4) is 0 Å². The number of carboxylic acid groups (broad SMARTS) is 1. The van der Waals surface area contributed by atoms with E-state index in [0.29, 0.717) is 50.4 Å². The second kappa shape index (κ2) is 10.2. The Bertz CT molecular complexity index is 1070. The molecule has 2 amide bonds. The third-order valence-corrected chi connectivity index (χ3v) is 7.47. The molecule has 0 bridgehead atoms. The van der Waals surface area contributed by atoms with E-state index in [4.69, 9.17) is 5.11 Å². The zero-order valence-electron chi connectivity index (χ0n) is 19.7. The topological polar surface area (TPSA) is 122 Å². The van der Waals surface area contributed by atoms with Crippen molar-refractivity contribution in [1.29, 1.82) is 0 Å². The minimum absolute atomic E-state index is 0.0340. The largest absolute Gasteiger partial charge is 0.465 e. The number of fused-ring (bicyclic) bond motifs is 1. The van der Waals surface area contributed by atoms with Gasteiger partial charge in [0, 0.05) is 57.4 Å². The van der Waals surface area contributed by atoms with Crippen molar-refractivity contribution < 1.29 is 19.8 Å². The van der Waals surface area contributed by atoms with Gasteiger partial charge in [0.15, 0.2) is 0 Å². The zero-order valence-corrected chi connectivity index (χ0v) is 19.7. The smallest absolute Gasteiger partial charge is 0.407 e. The van der Waals surface area contributed by atoms with E-state index >= 15 is 0 Å². The molecule has 0 aliphatic carbocycles. The van der Waals surface area contributed by atoms with Gasteiger partial charge in [-0.1, -0.05) is 24.3 Å². The molecule has 2 unspecified atom stereocenters. The summed E-state index contributed by atoms with van der Waals surface area (Å²) in [7, 11) is 0. The maximum Gasteiger partial charge on any atom is 0.407 e. The van der Waals surface area contributed by atoms with Crippen molar-refractivity contribution >= 4 is 17.8 Å². The van der Waals surface area contributed by atoms with Crippen LogP contribution in [0.25, 0.3) is 0 Å². The van der Waals surface area contributed by atoms with E-state index in [9.17, 15) is 14.7 Å². The summed E-state index contributed by atoms with van der Waals surface area (Å²) < 4.78 is 0. The van der Waals surface area contributed by atoms with Gasteiger partial charge in [0.2, 0.25) is 0 Å². The predicted molar refractivity (Wildman–Crippen MR) is 129 cm³/mol. The Kier molecular flexibility index (Phi) is 6.83. The first-order valence-electron chi connectivity index (χ1n) is 12.3. The number of aromatic nitrogens is 2. The number of amides is 2. The summed E-state index contributed by atoms with van der Waals surface area (Å²) in [6.07, 6.45) is 2.92. The third kappa shape index (κ3) is 5.23. The Balaban J connectivity index is 1.17. The Morgan fingerprint density at radius 2 is 1.71 bits per heavy atom. The van der Waals surface area contributed by atoms with E-state index in [0.717, 1.165) is 19.5 Å². The van der Waals surface area contributed by atoms with E-state index < -0.39 is 12.2 Å². The summed E-state index contributed by atoms with van der Waals surface area (Å²) in [6, 6.07) is 10.2. The highest BCUT2D eigenvalue weighted by Gasteiger charge is 2.35. The predicted octanol–water partition coefficient (Wildman–Crippen LogP) is 1.66. The van der Waals surface area contributed by atoms with Gasteiger partial charge in [-0.05, 0) is 36.8 Å². The number of hydrogen-bond donors (Lipinski definition) is 3. The first-order chi connectivity index (χ1) is 17.0. The number of benzene rings is 1. The molecular weight excluding hydrogens is 448 g/mol. The van der Waals surface area contributed by atoms with Gasteiger partial charge in [-0.25, -0.2) is 14.8 Å². The Labute approximate surface area is 204 Å². The van der Waals surface area contributed by atoms with E-state index in [2.05, 4.69) is 44.5 Å². The molecule has 2 atom stereocenters. The number of anilines is 1. The molecule has 186 valence electrons. The summed E-state index contributed by atoms with van der Waals surface area (Å²) in [4.78, 5) is 38.1. The van der Waals surface area contributed by atoms with Gasteiger partial charge < -0.3 is 25.3 Å². The van der Waals surface area contributed by atoms with Crippen molar-refractivity contribution in [1.82, 2.24) is 24.7 Å². The zero-order chi connectivity index (χ0) is 24.4. The van der Waals surface area contributed by atoms with Crippen LogP contribution in [0.4, 0.5) is 10.6 Å². The van der Waals surface area contributed by atoms with Crippen molar-refractivity contribution in [2.24, 2.45) is 0 Å². The molecule has 3 aliphatic heterocycles. The van der Waals surface area contributed by atoms with Crippen molar-refractivity contribution in [2.75, 3.05) is 38.0 Å². The molecule has 5 rings (SSSR count). The SMILES string of the molecule is O=C(O)N1CCC(Nc2cc(C(=O)N3CCC(N4CCc5ccccc5C4)C(O)C3)ncn2)CC1. The molecular formula is C25H32N6O4. The Hall–Kier alpha value is -3.24. The molecule has 2 saturated heterocycles. The average Bonchev–Trinajstić information content (AvgIpc) is 2.88. The average molecular weight is 481 g/mol. The van der Waals surface area contributed by atoms with Crippen LogP contribution in [-0.4, -0.2) is 97.8 Å². The summed E-state index contributed by atoms with van der Waals surface area (Å²) in [6.45, 7) is 3.54. The van der Waals surface area contributed by atoms with Crippen LogP contribution in [0.2, 0.25) is 0 Å². The van der Waals surface area contributed by atoms with Crippen molar-refractivity contribution in [3.05, 3.63) is 53.5 Å². The highest BCUT2D eigenvalue weighted by molar-refractivity contribution is 5.93. The van der Waals surface area contributed by atoms with Crippen molar-refractivity contribution in [2.45, 2.75) is 50.4 Å². The molecule has 10 heteroatoms. The number of nitrogens with zero attached hydrogens (tertiary/aromatic N) is 5. The fourth-order valence-corrected chi connectivity index (χ4v) is 5.47. The molecule has 2 fully saturated rings. The summed E-state index contributed by atoms with van der Waals surface area (Å²) >= 11 is 0. The van der Waals surface area contributed by atoms with Crippen LogP contribution in [0, 0.1) is 0 Å². The number of hydrogen-bond acceptors (Lipinski definition) is 7. The van der Waals surface area contributed by atoms with Crippen molar-refractivity contribution in [3.63, 3.8) is 0 Å². The quantitative estimate of drug-likeness (QED) is 0.604. The fraction of sp³-hybridized carbons (Fsp3) is 0.520. The molecule has 10 nitrogen and oxygen atoms in total. The van der Waals surface area contributed by atoms with Gasteiger partial charge in [-0.15, -0.1) is 0 Å². The van der Waals surface area contributed by atoms with Crippen LogP contribution >= 0.6 is 0 Å². The van der Waals surface area contributed by atoms with E-state index in [1.165, 1.54) is 22.4 Å². The van der Waals surface area contributed by atoms with E-state index in [-0.39, 0.29) is 24.5 Å². The van der Waals surface area contributed by atoms with E-state index in [1.807, 2.05) is 0 Å². The molecule has 0 saturated carbocycles. The normalized spacial score (nSPS) is 23.6. The first kappa shape index (κ1) is 23.5. The molecule has 3 N–H and O–H groups in total. The number of carbonyl (C=O) groups is 2. The molecule has 0 spiro atoms. The van der Waals surface area contributed by atoms with Gasteiger partial charge in [-0.3, -0.25) is 9.69 Å². The summed E-state index contributed by atoms with van der Waals surface area (Å²) in [5.41, 5.74) is 2.99. The summed E-state index contributed by atoms with van der Waals surface area (Å²) in [5, 5.41) is 23.4. The van der Waals surface area contributed by atoms with Crippen LogP contribution in [0.3, 0.4) is 0 Å². The number of aliphatic hydroxyl groups excluding tert-OH is 1. The highest BCUT2D eigenvalue weighted by atomic mass is 16.4. The molecule has 1 aromatic carbocycles. The molecule has 1 aromatic heterocycles. The minimum Gasteiger partial charge on any atom is -0.465 e. The number of likely N-dealkylation sites (tertiary alicyclic amines) is 2. The highest BCUT2D eigenvalue weighted by Crippen LogP contribution is 2.26. The lowest BCUT2D eigenvalue weighted by molar-refractivity contribution is -0.0139. The van der Waals surface area contributed by atoms with Crippen LogP contribution in [0.5, 0.6) is 0 Å². The number of nitrogens with one attached hydrogen (secondary N) is 1. The third-order valence-electron chi connectivity index (χ3n) is 7.47. The second-order valence-electron chi connectivity index (χ2n) is 9.64.